The molecule has 0 aliphatic carbocycles. The lowest BCUT2D eigenvalue weighted by molar-refractivity contribution is 0.0518. The Bertz CT molecular complexity index is 1230. The molecule has 3 aromatic rings. The molecule has 0 bridgehead atoms. The number of thiol groups is 1. The lowest BCUT2D eigenvalue weighted by Crippen LogP contribution is -2.38. The van der Waals surface area contributed by atoms with Crippen LogP contribution in [0.3, 0.4) is 0 Å². The van der Waals surface area contributed by atoms with Gasteiger partial charge >= 0.3 is 5.97 Å². The molecule has 0 saturated carbocycles. The van der Waals surface area contributed by atoms with Gasteiger partial charge in [0.05, 0.1) is 23.7 Å². The maximum Gasteiger partial charge on any atom is 0.360 e. The lowest BCUT2D eigenvalue weighted by atomic mass is 10.1. The fraction of sp³-hybridized carbons (Fsp3) is 0.381. The van der Waals surface area contributed by atoms with Crippen molar-refractivity contribution in [2.45, 2.75) is 43.0 Å². The molecule has 0 amide bonds. The summed E-state index contributed by atoms with van der Waals surface area (Å²) in [4.78, 5) is 12.3. The van der Waals surface area contributed by atoms with Gasteiger partial charge in [0.2, 0.25) is 10.0 Å². The van der Waals surface area contributed by atoms with Gasteiger partial charge in [0.25, 0.3) is 0 Å². The Morgan fingerprint density at radius 2 is 1.97 bits per heavy atom. The molecule has 0 spiro atoms. The van der Waals surface area contributed by atoms with Crippen LogP contribution < -0.4 is 0 Å². The predicted octanol–water partition coefficient (Wildman–Crippen LogP) is 2.68. The van der Waals surface area contributed by atoms with Crippen molar-refractivity contribution in [3.63, 3.8) is 0 Å². The van der Waals surface area contributed by atoms with Crippen molar-refractivity contribution in [2.24, 2.45) is 0 Å². The standard InChI is InChI=1S/C21H24N4O4S2/c1-3-29-21(26)20-14(2)24(23-22-20)12-17-11-18(30)13-25(17)31(27,28)19-9-8-15-6-4-5-7-16(15)10-19/h4-10,17-18,30H,3,11-13H2,1-2H3/t17-,18+/m0/s1. The summed E-state index contributed by atoms with van der Waals surface area (Å²) in [5, 5.41) is 9.75. The molecule has 2 aromatic carbocycles. The van der Waals surface area contributed by atoms with Crippen molar-refractivity contribution in [3.8, 4) is 0 Å². The third-order valence-electron chi connectivity index (χ3n) is 5.50. The summed E-state index contributed by atoms with van der Waals surface area (Å²) in [6, 6.07) is 12.5. The number of benzene rings is 2. The highest BCUT2D eigenvalue weighted by Crippen LogP contribution is 2.31. The Morgan fingerprint density at radius 3 is 2.71 bits per heavy atom. The first-order chi connectivity index (χ1) is 14.8. The molecule has 2 atom stereocenters. The van der Waals surface area contributed by atoms with E-state index in [0.29, 0.717) is 18.7 Å². The quantitative estimate of drug-likeness (QED) is 0.449. The summed E-state index contributed by atoms with van der Waals surface area (Å²) in [7, 11) is -3.73. The van der Waals surface area contributed by atoms with Gasteiger partial charge in [-0.15, -0.1) is 5.10 Å². The molecule has 1 fully saturated rings. The van der Waals surface area contributed by atoms with Crippen LogP contribution in [-0.2, 0) is 21.3 Å². The first-order valence-electron chi connectivity index (χ1n) is 10.1. The van der Waals surface area contributed by atoms with Gasteiger partial charge in [0, 0.05) is 17.8 Å². The molecule has 164 valence electrons. The van der Waals surface area contributed by atoms with E-state index < -0.39 is 16.0 Å². The molecular formula is C21H24N4O4S2. The molecule has 8 nitrogen and oxygen atoms in total. The molecule has 0 unspecified atom stereocenters. The average molecular weight is 461 g/mol. The van der Waals surface area contributed by atoms with Crippen molar-refractivity contribution in [1.82, 2.24) is 19.3 Å². The summed E-state index contributed by atoms with van der Waals surface area (Å²) in [6.45, 7) is 4.27. The highest BCUT2D eigenvalue weighted by Gasteiger charge is 2.40. The number of nitrogens with zero attached hydrogens (tertiary/aromatic N) is 4. The normalized spacial score (nSPS) is 19.7. The van der Waals surface area contributed by atoms with E-state index in [-0.39, 0.29) is 35.0 Å². The summed E-state index contributed by atoms with van der Waals surface area (Å²) in [5.41, 5.74) is 0.690. The summed E-state index contributed by atoms with van der Waals surface area (Å²) in [5.74, 6) is -0.537. The van der Waals surface area contributed by atoms with Crippen LogP contribution in [-0.4, -0.2) is 58.1 Å². The Kier molecular flexibility index (Phi) is 6.05. The molecule has 0 radical (unpaired) electrons. The number of esters is 1. The van der Waals surface area contributed by atoms with E-state index in [0.717, 1.165) is 10.8 Å². The van der Waals surface area contributed by atoms with Crippen LogP contribution >= 0.6 is 12.6 Å². The number of carbonyl (C=O) groups is 1. The minimum Gasteiger partial charge on any atom is -0.461 e. The highest BCUT2D eigenvalue weighted by atomic mass is 32.2. The Morgan fingerprint density at radius 1 is 1.23 bits per heavy atom. The Hall–Kier alpha value is -2.43. The Balaban J connectivity index is 1.62. The number of aromatic nitrogens is 3. The van der Waals surface area contributed by atoms with E-state index in [9.17, 15) is 13.2 Å². The largest absolute Gasteiger partial charge is 0.461 e. The number of hydrogen-bond acceptors (Lipinski definition) is 7. The number of fused-ring (bicyclic) bond motifs is 1. The van der Waals surface area contributed by atoms with Crippen LogP contribution in [0.2, 0.25) is 0 Å². The van der Waals surface area contributed by atoms with Gasteiger partial charge < -0.3 is 4.74 Å². The number of hydrogen-bond donors (Lipinski definition) is 1. The maximum absolute atomic E-state index is 13.5. The van der Waals surface area contributed by atoms with Crippen molar-refractivity contribution < 1.29 is 17.9 Å². The minimum atomic E-state index is -3.73. The summed E-state index contributed by atoms with van der Waals surface area (Å²) < 4.78 is 35.0. The Labute approximate surface area is 186 Å². The zero-order chi connectivity index (χ0) is 22.2. The molecule has 1 aliphatic rings. The number of sulfonamides is 1. The second-order valence-corrected chi connectivity index (χ2v) is 10.2. The van der Waals surface area contributed by atoms with Gasteiger partial charge in [0.1, 0.15) is 0 Å². The zero-order valence-corrected chi connectivity index (χ0v) is 19.0. The van der Waals surface area contributed by atoms with Crippen LogP contribution in [0.5, 0.6) is 0 Å². The third kappa shape index (κ3) is 4.19. The predicted molar refractivity (Wildman–Crippen MR) is 120 cm³/mol. The van der Waals surface area contributed by atoms with Gasteiger partial charge in [-0.1, -0.05) is 35.5 Å². The van der Waals surface area contributed by atoms with E-state index in [1.54, 1.807) is 30.7 Å². The number of carbonyl (C=O) groups excluding carboxylic acids is 1. The molecular weight excluding hydrogens is 436 g/mol. The van der Waals surface area contributed by atoms with Crippen LogP contribution in [0.4, 0.5) is 0 Å². The van der Waals surface area contributed by atoms with E-state index >= 15 is 0 Å². The van der Waals surface area contributed by atoms with Crippen molar-refractivity contribution in [3.05, 3.63) is 53.9 Å². The van der Waals surface area contributed by atoms with Crippen LogP contribution in [0.25, 0.3) is 10.8 Å². The molecule has 1 saturated heterocycles. The second kappa shape index (κ2) is 8.60. The van der Waals surface area contributed by atoms with Crippen LogP contribution in [0.15, 0.2) is 47.4 Å². The average Bonchev–Trinajstić information content (AvgIpc) is 3.31. The fourth-order valence-corrected chi connectivity index (χ4v) is 6.15. The molecule has 31 heavy (non-hydrogen) atoms. The van der Waals surface area contributed by atoms with Crippen molar-refractivity contribution in [1.29, 1.82) is 0 Å². The molecule has 4 rings (SSSR count). The zero-order valence-electron chi connectivity index (χ0n) is 17.3. The highest BCUT2D eigenvalue weighted by molar-refractivity contribution is 7.89. The molecule has 10 heteroatoms. The lowest BCUT2D eigenvalue weighted by Gasteiger charge is -2.24. The van der Waals surface area contributed by atoms with E-state index in [1.807, 2.05) is 30.3 Å². The number of ether oxygens (including phenoxy) is 1. The second-order valence-electron chi connectivity index (χ2n) is 7.55. The smallest absolute Gasteiger partial charge is 0.360 e. The van der Waals surface area contributed by atoms with Crippen LogP contribution in [0, 0.1) is 6.92 Å². The first kappa shape index (κ1) is 21.8. The fourth-order valence-electron chi connectivity index (χ4n) is 3.91. The summed E-state index contributed by atoms with van der Waals surface area (Å²) in [6.07, 6.45) is 0.573. The van der Waals surface area contributed by atoms with Crippen molar-refractivity contribution in [2.75, 3.05) is 13.2 Å². The SMILES string of the molecule is CCOC(=O)c1nnn(C[C@@H]2C[C@@H](S)CN2S(=O)(=O)c2ccc3ccccc3c2)c1C. The third-order valence-corrected chi connectivity index (χ3v) is 7.79. The number of rotatable bonds is 6. The maximum atomic E-state index is 13.5. The van der Waals surface area contributed by atoms with E-state index in [1.165, 1.54) is 4.31 Å². The van der Waals surface area contributed by atoms with E-state index in [2.05, 4.69) is 22.9 Å². The molecule has 1 aromatic heterocycles. The van der Waals surface area contributed by atoms with Crippen LogP contribution in [0.1, 0.15) is 29.5 Å². The minimum absolute atomic E-state index is 0.0893. The monoisotopic (exact) mass is 460 g/mol. The summed E-state index contributed by atoms with van der Waals surface area (Å²) >= 11 is 4.55. The molecule has 0 N–H and O–H groups in total. The topological polar surface area (TPSA) is 94.4 Å². The van der Waals surface area contributed by atoms with Crippen molar-refractivity contribution >= 4 is 39.4 Å². The van der Waals surface area contributed by atoms with Gasteiger partial charge in [-0.05, 0) is 43.2 Å². The van der Waals surface area contributed by atoms with Gasteiger partial charge in [-0.25, -0.2) is 17.9 Å². The first-order valence-corrected chi connectivity index (χ1v) is 12.0. The van der Waals surface area contributed by atoms with Gasteiger partial charge in [-0.3, -0.25) is 0 Å². The van der Waals surface area contributed by atoms with Gasteiger partial charge in [-0.2, -0.15) is 16.9 Å². The van der Waals surface area contributed by atoms with E-state index in [4.69, 9.17) is 4.74 Å². The van der Waals surface area contributed by atoms with Gasteiger partial charge in [0.15, 0.2) is 5.69 Å². The molecule has 1 aliphatic heterocycles. The molecule has 2 heterocycles.